The summed E-state index contributed by atoms with van der Waals surface area (Å²) in [7, 11) is 4.35. The molecule has 4 amide bonds. The Labute approximate surface area is 687 Å². The predicted molar refractivity (Wildman–Crippen MR) is 460 cm³/mol. The van der Waals surface area contributed by atoms with E-state index in [0.29, 0.717) is 133 Å². The van der Waals surface area contributed by atoms with Gasteiger partial charge in [0.15, 0.2) is 23.0 Å². The van der Waals surface area contributed by atoms with Crippen molar-refractivity contribution in [2.45, 2.75) is 127 Å². The molecule has 8 heterocycles. The summed E-state index contributed by atoms with van der Waals surface area (Å²) >= 11 is -0.543. The summed E-state index contributed by atoms with van der Waals surface area (Å²) in [6.07, 6.45) is 10.0. The number of nitrogens with zero attached hydrogens (tertiary/aromatic N) is 8. The minimum atomic E-state index is -1.09. The molecule has 8 aliphatic rings. The molecular weight excluding hydrogens is 1590 g/mol. The summed E-state index contributed by atoms with van der Waals surface area (Å²) in [4.78, 5) is 113. The Kier molecular flexibility index (Phi) is 25.1. The van der Waals surface area contributed by atoms with Crippen molar-refractivity contribution in [3.8, 4) is 34.5 Å². The number of fused-ring (bicyclic) bond motifs is 16. The van der Waals surface area contributed by atoms with Crippen molar-refractivity contribution < 1.29 is 72.5 Å². The van der Waals surface area contributed by atoms with E-state index in [1.165, 1.54) is 21.3 Å². The molecule has 23 nitrogen and oxygen atoms in total. The van der Waals surface area contributed by atoms with E-state index in [2.05, 4.69) is 19.8 Å². The van der Waals surface area contributed by atoms with Crippen LogP contribution in [0.2, 0.25) is 14.8 Å². The normalized spacial score (nSPS) is 16.5. The first-order valence-corrected chi connectivity index (χ1v) is 45.8. The predicted octanol–water partition coefficient (Wildman–Crippen LogP) is 17.4. The zero-order chi connectivity index (χ0) is 78.5. The molecule has 599 valence electrons. The van der Waals surface area contributed by atoms with Crippen LogP contribution < -0.4 is 48.0 Å². The molecule has 0 aliphatic carbocycles. The molecule has 0 saturated heterocycles. The maximum absolute atomic E-state index is 13.8. The van der Waals surface area contributed by atoms with Crippen LogP contribution in [-0.4, -0.2) is 136 Å². The number of aryl methyl sites for hydroxylation is 2. The number of anilines is 4. The molecular formula is C93H93N8O15Sn. The number of carbonyl (C=O) groups is 6. The van der Waals surface area contributed by atoms with Crippen molar-refractivity contribution in [1.82, 2.24) is 0 Å². The molecule has 10 aromatic rings. The van der Waals surface area contributed by atoms with Gasteiger partial charge in [0.25, 0.3) is 23.6 Å². The fourth-order valence-corrected chi connectivity index (χ4v) is 15.6. The van der Waals surface area contributed by atoms with Gasteiger partial charge in [0.2, 0.25) is 0 Å². The summed E-state index contributed by atoms with van der Waals surface area (Å²) < 4.78 is 41.4. The van der Waals surface area contributed by atoms with E-state index < -0.39 is 31.7 Å². The Balaban J connectivity index is 0.000000200. The van der Waals surface area contributed by atoms with E-state index in [1.807, 2.05) is 153 Å². The molecule has 8 aliphatic heterocycles. The van der Waals surface area contributed by atoms with Gasteiger partial charge < -0.3 is 43.7 Å². The number of esters is 1. The van der Waals surface area contributed by atoms with Gasteiger partial charge in [-0.05, 0) is 154 Å². The fourth-order valence-electron chi connectivity index (χ4n) is 15.6. The van der Waals surface area contributed by atoms with Gasteiger partial charge >= 0.3 is 46.5 Å². The number of para-hydroxylation sites is 4. The van der Waals surface area contributed by atoms with Crippen LogP contribution in [0.4, 0.5) is 45.5 Å². The molecule has 1 radical (unpaired) electrons. The van der Waals surface area contributed by atoms with Crippen LogP contribution in [0.5, 0.6) is 34.5 Å². The SMILES string of the molecule is C.C.C.COC(=O)c1cc(COc2cc3c(cc2C)C(=O)N2c4ccccc4C[C@H]2C=N3)cc(COc2cc3c(cc2OC)C(=O)N2c4ccccc4C[C@H]2C=N3)c1.COc1cc2c(cc1OCc1cc(COc3cc4c(cc3C)C(=O)N3c5ccccc5C[C@H]3C=N4)cc(C(=O)O)c1)N=C[C@@H]1Cc3ccccc3N1C2=O.O.[CH3][Sn]([CH3])[CH3]. The molecule has 0 aromatic heterocycles. The molecule has 10 aromatic carbocycles. The summed E-state index contributed by atoms with van der Waals surface area (Å²) in [5.74, 6) is 0.475. The molecule has 18 rings (SSSR count). The fraction of sp³-hybridized carbons (Fsp3) is 0.247. The third-order valence-corrected chi connectivity index (χ3v) is 20.9. The van der Waals surface area contributed by atoms with Gasteiger partial charge in [-0.2, -0.15) is 0 Å². The number of carboxylic acids is 1. The first-order valence-electron chi connectivity index (χ1n) is 37.2. The molecule has 0 bridgehead atoms. The van der Waals surface area contributed by atoms with Crippen LogP contribution in [0.1, 0.15) is 140 Å². The second kappa shape index (κ2) is 35.2. The number of carbonyl (C=O) groups excluding carboxylic acids is 5. The van der Waals surface area contributed by atoms with Crippen molar-refractivity contribution in [3.63, 3.8) is 0 Å². The molecule has 0 spiro atoms. The molecule has 24 heteroatoms. The third-order valence-electron chi connectivity index (χ3n) is 20.9. The number of carboxylic acid groups (broad SMARTS) is 1. The van der Waals surface area contributed by atoms with E-state index in [1.54, 1.807) is 87.6 Å². The van der Waals surface area contributed by atoms with E-state index in [9.17, 15) is 33.9 Å². The van der Waals surface area contributed by atoms with Crippen molar-refractivity contribution >= 4 is 126 Å². The van der Waals surface area contributed by atoms with Crippen LogP contribution in [-0.2, 0) is 56.8 Å². The van der Waals surface area contributed by atoms with E-state index in [0.717, 1.165) is 56.1 Å². The number of aliphatic imine (C=N–C) groups is 4. The van der Waals surface area contributed by atoms with Gasteiger partial charge in [-0.1, -0.05) is 95.1 Å². The Hall–Kier alpha value is -12.7. The van der Waals surface area contributed by atoms with E-state index in [4.69, 9.17) is 48.1 Å². The average molecular weight is 1680 g/mol. The number of rotatable bonds is 16. The second-order valence-electron chi connectivity index (χ2n) is 29.3. The molecule has 117 heavy (non-hydrogen) atoms. The van der Waals surface area contributed by atoms with Crippen LogP contribution in [0.25, 0.3) is 0 Å². The van der Waals surface area contributed by atoms with Gasteiger partial charge in [-0.25, -0.2) is 9.59 Å². The van der Waals surface area contributed by atoms with Crippen LogP contribution in [0.3, 0.4) is 0 Å². The Morgan fingerprint density at radius 3 is 0.932 bits per heavy atom. The first kappa shape index (κ1) is 83.7. The quantitative estimate of drug-likeness (QED) is 0.0695. The maximum atomic E-state index is 13.8. The number of amides is 4. The van der Waals surface area contributed by atoms with Crippen molar-refractivity contribution in [3.05, 3.63) is 271 Å². The summed E-state index contributed by atoms with van der Waals surface area (Å²) in [6, 6.07) is 55.0. The molecule has 0 unspecified atom stereocenters. The minimum absolute atomic E-state index is 0. The van der Waals surface area contributed by atoms with Crippen molar-refractivity contribution in [1.29, 1.82) is 0 Å². The number of ether oxygens (including phenoxy) is 7. The molecule has 3 N–H and O–H groups in total. The number of benzene rings is 10. The van der Waals surface area contributed by atoms with Crippen molar-refractivity contribution in [2.24, 2.45) is 20.0 Å². The van der Waals surface area contributed by atoms with Gasteiger partial charge in [0.1, 0.15) is 37.9 Å². The number of hydrogen-bond acceptors (Lipinski definition) is 17. The van der Waals surface area contributed by atoms with E-state index in [-0.39, 0.29) is 108 Å². The van der Waals surface area contributed by atoms with Crippen LogP contribution in [0, 0.1) is 13.8 Å². The summed E-state index contributed by atoms with van der Waals surface area (Å²) in [6.45, 7) is 4.03. The van der Waals surface area contributed by atoms with Gasteiger partial charge in [-0.3, -0.25) is 58.7 Å². The summed E-state index contributed by atoms with van der Waals surface area (Å²) in [5.41, 5.74) is 16.4. The second-order valence-corrected chi connectivity index (χ2v) is 37.8. The Bertz CT molecular complexity index is 5720. The van der Waals surface area contributed by atoms with Gasteiger partial charge in [0.05, 0.1) is 102 Å². The molecule has 4 atom stereocenters. The van der Waals surface area contributed by atoms with E-state index >= 15 is 0 Å². The number of methoxy groups -OCH3 is 3. The number of aromatic carboxylic acids is 1. The van der Waals surface area contributed by atoms with Gasteiger partial charge in [-0.15, -0.1) is 0 Å². The zero-order valence-corrected chi connectivity index (χ0v) is 66.8. The monoisotopic (exact) mass is 1680 g/mol. The van der Waals surface area contributed by atoms with Crippen LogP contribution >= 0.6 is 0 Å². The topological polar surface area (TPSA) is 281 Å². The number of hydrogen-bond donors (Lipinski definition) is 1. The molecule has 0 fully saturated rings. The third kappa shape index (κ3) is 16.5. The summed E-state index contributed by atoms with van der Waals surface area (Å²) in [5, 5.41) is 9.95. The standard InChI is InChI=1S/C44H36N4O7.C43H34N4O7.3CH4.3CH3.H2O.Sn/c1-25-12-33-35(45-21-31-16-28-8-4-6-10-37(28)47(31)42(33)49)19-39(25)54-23-26-13-27(15-30(14-26)44(51)53-3)24-55-41-20-36-34(18-40(41)52-2)43(50)48-32(22-46-36)17-29-9-5-7-11-38(29)48;1-24-11-32-34(44-20-30-15-27-7-3-5-9-36(27)46(30)41(32)48)18-38(24)53-22-25-12-26(14-29(13-25)43(50)51)23-54-40-19-35-33(17-39(40)52-2)42(49)47-31(21-45-35)16-28-8-4-6-10-37(28)47;;;;;;;;/h4-15,18-22,31-32H,16-17,23-24H2,1-3H3;3-14,17-21,30-31H,15-16,22-23H2,1-2H3,(H,50,51);3*1H4;3*1H3;1H2;/t31-,32-;30-,31-;;;;;;;;/m00......../s1. The van der Waals surface area contributed by atoms with Gasteiger partial charge in [0, 0.05) is 97.6 Å². The first-order chi connectivity index (χ1) is 54.8. The van der Waals surface area contributed by atoms with Crippen LogP contribution in [0.15, 0.2) is 202 Å². The average Bonchev–Trinajstić information content (AvgIpc) is 1.64. The zero-order valence-electron chi connectivity index (χ0n) is 63.9. The Morgan fingerprint density at radius 1 is 0.385 bits per heavy atom. The van der Waals surface area contributed by atoms with Crippen molar-refractivity contribution in [2.75, 3.05) is 40.9 Å². The Morgan fingerprint density at radius 2 is 0.650 bits per heavy atom. The molecule has 0 saturated carbocycles.